The summed E-state index contributed by atoms with van der Waals surface area (Å²) in [6.45, 7) is 8.10. The molecule has 1 fully saturated rings. The fourth-order valence-electron chi connectivity index (χ4n) is 3.17. The van der Waals surface area contributed by atoms with Crippen molar-refractivity contribution in [3.8, 4) is 0 Å². The Hall–Kier alpha value is -0.0400. The van der Waals surface area contributed by atoms with Crippen LogP contribution in [0.5, 0.6) is 0 Å². The summed E-state index contributed by atoms with van der Waals surface area (Å²) < 4.78 is 0. The van der Waals surface area contributed by atoms with Gasteiger partial charge in [0.1, 0.15) is 0 Å². The quantitative estimate of drug-likeness (QED) is 0.605. The van der Waals surface area contributed by atoms with Crippen molar-refractivity contribution in [1.82, 2.24) is 5.32 Å². The Kier molecular flexibility index (Phi) is 7.11. The SMILES string of the molecule is CCCCCCC(NCC)C1CCC(C)C1. The Morgan fingerprint density at radius 3 is 2.50 bits per heavy atom. The van der Waals surface area contributed by atoms with Crippen molar-refractivity contribution < 1.29 is 0 Å². The van der Waals surface area contributed by atoms with E-state index in [1.54, 1.807) is 0 Å². The Bertz CT molecular complexity index is 167. The second-order valence-electron chi connectivity index (χ2n) is 5.69. The van der Waals surface area contributed by atoms with Crippen LogP contribution >= 0.6 is 0 Å². The zero-order valence-corrected chi connectivity index (χ0v) is 11.6. The summed E-state index contributed by atoms with van der Waals surface area (Å²) in [4.78, 5) is 0. The number of hydrogen-bond acceptors (Lipinski definition) is 1. The normalized spacial score (nSPS) is 27.2. The minimum Gasteiger partial charge on any atom is -0.314 e. The highest BCUT2D eigenvalue weighted by Gasteiger charge is 2.27. The lowest BCUT2D eigenvalue weighted by atomic mass is 9.92. The molecule has 0 saturated heterocycles. The van der Waals surface area contributed by atoms with Gasteiger partial charge in [0.15, 0.2) is 0 Å². The highest BCUT2D eigenvalue weighted by Crippen LogP contribution is 2.34. The molecule has 3 atom stereocenters. The van der Waals surface area contributed by atoms with E-state index in [4.69, 9.17) is 0 Å². The molecule has 0 spiro atoms. The summed E-state index contributed by atoms with van der Waals surface area (Å²) in [5.41, 5.74) is 0. The van der Waals surface area contributed by atoms with Crippen LogP contribution in [0, 0.1) is 11.8 Å². The summed E-state index contributed by atoms with van der Waals surface area (Å²) >= 11 is 0. The van der Waals surface area contributed by atoms with Gasteiger partial charge in [0.25, 0.3) is 0 Å². The molecule has 0 aromatic rings. The van der Waals surface area contributed by atoms with Gasteiger partial charge in [0.2, 0.25) is 0 Å². The van der Waals surface area contributed by atoms with Crippen molar-refractivity contribution in [2.45, 2.75) is 78.2 Å². The molecular formula is C15H31N. The summed E-state index contributed by atoms with van der Waals surface area (Å²) in [6, 6.07) is 0.812. The Labute approximate surface area is 102 Å². The van der Waals surface area contributed by atoms with Gasteiger partial charge in [-0.05, 0) is 37.6 Å². The van der Waals surface area contributed by atoms with Crippen LogP contribution in [0.2, 0.25) is 0 Å². The molecule has 1 rings (SSSR count). The van der Waals surface area contributed by atoms with Crippen molar-refractivity contribution in [2.75, 3.05) is 6.54 Å². The smallest absolute Gasteiger partial charge is 0.00953 e. The zero-order valence-electron chi connectivity index (χ0n) is 11.6. The van der Waals surface area contributed by atoms with E-state index < -0.39 is 0 Å². The van der Waals surface area contributed by atoms with Crippen molar-refractivity contribution in [1.29, 1.82) is 0 Å². The molecule has 0 bridgehead atoms. The minimum absolute atomic E-state index is 0.812. The number of hydrogen-bond donors (Lipinski definition) is 1. The maximum Gasteiger partial charge on any atom is 0.00953 e. The third kappa shape index (κ3) is 4.86. The first-order valence-corrected chi connectivity index (χ1v) is 7.51. The van der Waals surface area contributed by atoms with Crippen molar-refractivity contribution >= 4 is 0 Å². The topological polar surface area (TPSA) is 12.0 Å². The van der Waals surface area contributed by atoms with Crippen LogP contribution < -0.4 is 5.32 Å². The summed E-state index contributed by atoms with van der Waals surface area (Å²) in [6.07, 6.45) is 11.4. The van der Waals surface area contributed by atoms with E-state index >= 15 is 0 Å². The van der Waals surface area contributed by atoms with Crippen LogP contribution in [0.3, 0.4) is 0 Å². The van der Waals surface area contributed by atoms with E-state index in [0.29, 0.717) is 0 Å². The molecule has 0 amide bonds. The van der Waals surface area contributed by atoms with Crippen LogP contribution in [0.15, 0.2) is 0 Å². The van der Waals surface area contributed by atoms with E-state index in [-0.39, 0.29) is 0 Å². The molecule has 0 aromatic heterocycles. The molecule has 1 N–H and O–H groups in total. The lowest BCUT2D eigenvalue weighted by Crippen LogP contribution is -2.35. The van der Waals surface area contributed by atoms with E-state index in [1.165, 1.54) is 51.4 Å². The average Bonchev–Trinajstić information content (AvgIpc) is 2.69. The molecule has 16 heavy (non-hydrogen) atoms. The van der Waals surface area contributed by atoms with Gasteiger partial charge in [-0.15, -0.1) is 0 Å². The monoisotopic (exact) mass is 225 g/mol. The molecule has 3 unspecified atom stereocenters. The number of unbranched alkanes of at least 4 members (excludes halogenated alkanes) is 3. The fourth-order valence-corrected chi connectivity index (χ4v) is 3.17. The molecular weight excluding hydrogens is 194 g/mol. The molecule has 0 aliphatic heterocycles. The highest BCUT2D eigenvalue weighted by atomic mass is 14.9. The summed E-state index contributed by atoms with van der Waals surface area (Å²) in [5.74, 6) is 1.94. The highest BCUT2D eigenvalue weighted by molar-refractivity contribution is 4.83. The summed E-state index contributed by atoms with van der Waals surface area (Å²) in [5, 5.41) is 3.72. The van der Waals surface area contributed by atoms with Gasteiger partial charge in [0, 0.05) is 6.04 Å². The largest absolute Gasteiger partial charge is 0.314 e. The van der Waals surface area contributed by atoms with Crippen LogP contribution in [0.4, 0.5) is 0 Å². The van der Waals surface area contributed by atoms with Crippen molar-refractivity contribution in [2.24, 2.45) is 11.8 Å². The van der Waals surface area contributed by atoms with Crippen LogP contribution in [-0.2, 0) is 0 Å². The molecule has 0 radical (unpaired) electrons. The Balaban J connectivity index is 2.23. The van der Waals surface area contributed by atoms with Gasteiger partial charge in [0.05, 0.1) is 0 Å². The zero-order chi connectivity index (χ0) is 11.8. The molecule has 0 aromatic carbocycles. The van der Waals surface area contributed by atoms with E-state index in [1.807, 2.05) is 0 Å². The van der Waals surface area contributed by atoms with Gasteiger partial charge in [-0.3, -0.25) is 0 Å². The van der Waals surface area contributed by atoms with E-state index in [2.05, 4.69) is 26.1 Å². The lowest BCUT2D eigenvalue weighted by molar-refractivity contribution is 0.329. The second kappa shape index (κ2) is 8.11. The molecule has 1 aliphatic carbocycles. The molecule has 1 saturated carbocycles. The Morgan fingerprint density at radius 1 is 1.12 bits per heavy atom. The lowest BCUT2D eigenvalue weighted by Gasteiger charge is -2.24. The first-order chi connectivity index (χ1) is 7.77. The van der Waals surface area contributed by atoms with Gasteiger partial charge in [-0.2, -0.15) is 0 Å². The molecule has 96 valence electrons. The maximum absolute atomic E-state index is 3.72. The first-order valence-electron chi connectivity index (χ1n) is 7.51. The molecule has 1 heteroatoms. The van der Waals surface area contributed by atoms with Gasteiger partial charge < -0.3 is 5.32 Å². The van der Waals surface area contributed by atoms with Gasteiger partial charge in [-0.1, -0.05) is 52.9 Å². The third-order valence-electron chi connectivity index (χ3n) is 4.14. The van der Waals surface area contributed by atoms with Crippen molar-refractivity contribution in [3.05, 3.63) is 0 Å². The number of rotatable bonds is 8. The summed E-state index contributed by atoms with van der Waals surface area (Å²) in [7, 11) is 0. The van der Waals surface area contributed by atoms with Crippen LogP contribution in [0.1, 0.15) is 72.1 Å². The van der Waals surface area contributed by atoms with Crippen molar-refractivity contribution in [3.63, 3.8) is 0 Å². The molecule has 1 aliphatic rings. The van der Waals surface area contributed by atoms with E-state index in [0.717, 1.165) is 24.4 Å². The molecule has 0 heterocycles. The maximum atomic E-state index is 3.72. The molecule has 1 nitrogen and oxygen atoms in total. The van der Waals surface area contributed by atoms with Crippen LogP contribution in [-0.4, -0.2) is 12.6 Å². The van der Waals surface area contributed by atoms with E-state index in [9.17, 15) is 0 Å². The standard InChI is InChI=1S/C15H31N/c1-4-6-7-8-9-15(16-5-2)14-11-10-13(3)12-14/h13-16H,4-12H2,1-3H3. The third-order valence-corrected chi connectivity index (χ3v) is 4.14. The minimum atomic E-state index is 0.812. The fraction of sp³-hybridized carbons (Fsp3) is 1.00. The average molecular weight is 225 g/mol. The first kappa shape index (κ1) is 14.0. The van der Waals surface area contributed by atoms with Gasteiger partial charge in [-0.25, -0.2) is 0 Å². The van der Waals surface area contributed by atoms with Crippen LogP contribution in [0.25, 0.3) is 0 Å². The van der Waals surface area contributed by atoms with Gasteiger partial charge >= 0.3 is 0 Å². The second-order valence-corrected chi connectivity index (χ2v) is 5.69. The Morgan fingerprint density at radius 2 is 1.94 bits per heavy atom. The number of nitrogens with one attached hydrogen (secondary N) is 1. The predicted octanol–water partition coefficient (Wildman–Crippen LogP) is 4.37. The predicted molar refractivity (Wildman–Crippen MR) is 72.7 cm³/mol.